The highest BCUT2D eigenvalue weighted by Crippen LogP contribution is 2.24. The van der Waals surface area contributed by atoms with Crippen LogP contribution in [-0.4, -0.2) is 29.3 Å². The van der Waals surface area contributed by atoms with Gasteiger partial charge in [-0.3, -0.25) is 0 Å². The van der Waals surface area contributed by atoms with Gasteiger partial charge in [-0.25, -0.2) is 4.98 Å². The minimum absolute atomic E-state index is 0.0348. The zero-order valence-corrected chi connectivity index (χ0v) is 6.53. The quantitative estimate of drug-likeness (QED) is 0.627. The van der Waals surface area contributed by atoms with Gasteiger partial charge in [-0.1, -0.05) is 0 Å². The van der Waals surface area contributed by atoms with Crippen LogP contribution in [0.25, 0.3) is 0 Å². The third-order valence-corrected chi connectivity index (χ3v) is 1.77. The summed E-state index contributed by atoms with van der Waals surface area (Å²) in [6.07, 6.45) is 1.69. The maximum atomic E-state index is 8.85. The number of nitrogens with zero attached hydrogens (tertiary/aromatic N) is 1. The van der Waals surface area contributed by atoms with E-state index in [0.717, 1.165) is 5.75 Å². The normalized spacial score (nSPS) is 20.6. The number of aliphatic hydroxyl groups excluding tert-OH is 1. The molecule has 0 radical (unpaired) electrons. The van der Waals surface area contributed by atoms with Crippen LogP contribution in [0, 0.1) is 0 Å². The second-order valence-corrected chi connectivity index (χ2v) is 2.68. The minimum Gasteiger partial charge on any atom is -0.487 e. The molecule has 4 nitrogen and oxygen atoms in total. The van der Waals surface area contributed by atoms with Crippen molar-refractivity contribution >= 4 is 5.82 Å². The third-order valence-electron chi connectivity index (χ3n) is 1.77. The fraction of sp³-hybridized carbons (Fsp3) is 0.375. The van der Waals surface area contributed by atoms with E-state index in [4.69, 9.17) is 9.84 Å². The zero-order valence-electron chi connectivity index (χ0n) is 6.53. The molecule has 2 rings (SSSR count). The molecule has 0 aromatic carbocycles. The molecule has 0 spiro atoms. The Morgan fingerprint density at radius 3 is 3.50 bits per heavy atom. The van der Waals surface area contributed by atoms with Crippen molar-refractivity contribution < 1.29 is 9.84 Å². The summed E-state index contributed by atoms with van der Waals surface area (Å²) in [7, 11) is 0. The Labute approximate surface area is 70.2 Å². The molecule has 0 bridgehead atoms. The van der Waals surface area contributed by atoms with Crippen molar-refractivity contribution in [2.24, 2.45) is 0 Å². The lowest BCUT2D eigenvalue weighted by molar-refractivity contribution is 0.206. The Morgan fingerprint density at radius 1 is 1.75 bits per heavy atom. The lowest BCUT2D eigenvalue weighted by Gasteiger charge is -2.24. The zero-order chi connectivity index (χ0) is 8.39. The molecule has 2 N–H and O–H groups in total. The second kappa shape index (κ2) is 2.98. The van der Waals surface area contributed by atoms with Crippen molar-refractivity contribution in [2.45, 2.75) is 6.04 Å². The lowest BCUT2D eigenvalue weighted by Crippen LogP contribution is -2.34. The van der Waals surface area contributed by atoms with Crippen molar-refractivity contribution in [3.8, 4) is 5.75 Å². The summed E-state index contributed by atoms with van der Waals surface area (Å²) in [5, 5.41) is 11.9. The highest BCUT2D eigenvalue weighted by Gasteiger charge is 2.17. The average molecular weight is 166 g/mol. The summed E-state index contributed by atoms with van der Waals surface area (Å²) in [6.45, 7) is 0.561. The molecule has 1 aliphatic heterocycles. The Hall–Kier alpha value is -1.29. The number of ether oxygens (including phenoxy) is 1. The average Bonchev–Trinajstić information content (AvgIpc) is 2.17. The van der Waals surface area contributed by atoms with E-state index < -0.39 is 0 Å². The van der Waals surface area contributed by atoms with Gasteiger partial charge in [0.05, 0.1) is 12.6 Å². The number of aromatic nitrogens is 1. The van der Waals surface area contributed by atoms with E-state index in [0.29, 0.717) is 12.4 Å². The fourth-order valence-corrected chi connectivity index (χ4v) is 1.14. The summed E-state index contributed by atoms with van der Waals surface area (Å²) in [6, 6.07) is 3.63. The molecule has 1 aliphatic rings. The Balaban J connectivity index is 2.23. The number of pyridine rings is 1. The van der Waals surface area contributed by atoms with Gasteiger partial charge in [-0.2, -0.15) is 0 Å². The van der Waals surface area contributed by atoms with Crippen molar-refractivity contribution in [1.82, 2.24) is 4.98 Å². The van der Waals surface area contributed by atoms with E-state index in [2.05, 4.69) is 10.3 Å². The number of rotatable bonds is 1. The van der Waals surface area contributed by atoms with Crippen LogP contribution < -0.4 is 10.1 Å². The molecule has 0 amide bonds. The Bertz CT molecular complexity index is 278. The van der Waals surface area contributed by atoms with E-state index >= 15 is 0 Å². The molecular formula is C8H10N2O2. The van der Waals surface area contributed by atoms with Crippen LogP contribution in [0.5, 0.6) is 5.75 Å². The van der Waals surface area contributed by atoms with Crippen molar-refractivity contribution in [1.29, 1.82) is 0 Å². The van der Waals surface area contributed by atoms with Crippen LogP contribution in [0.15, 0.2) is 18.3 Å². The first-order valence-electron chi connectivity index (χ1n) is 3.85. The van der Waals surface area contributed by atoms with Gasteiger partial charge in [0.1, 0.15) is 6.61 Å². The maximum absolute atomic E-state index is 8.85. The second-order valence-electron chi connectivity index (χ2n) is 2.68. The number of fused-ring (bicyclic) bond motifs is 1. The predicted octanol–water partition coefficient (Wildman–Crippen LogP) is 0.247. The van der Waals surface area contributed by atoms with Crippen LogP contribution in [0.1, 0.15) is 0 Å². The smallest absolute Gasteiger partial charge is 0.169 e. The Morgan fingerprint density at radius 2 is 2.67 bits per heavy atom. The molecule has 1 atom stereocenters. The number of hydrogen-bond donors (Lipinski definition) is 2. The van der Waals surface area contributed by atoms with E-state index in [1.54, 1.807) is 6.20 Å². The first-order chi connectivity index (χ1) is 5.90. The predicted molar refractivity (Wildman–Crippen MR) is 44.2 cm³/mol. The van der Waals surface area contributed by atoms with Gasteiger partial charge in [-0.05, 0) is 12.1 Å². The summed E-state index contributed by atoms with van der Waals surface area (Å²) < 4.78 is 5.34. The fourth-order valence-electron chi connectivity index (χ4n) is 1.14. The molecule has 1 aromatic rings. The molecule has 1 aromatic heterocycles. The van der Waals surface area contributed by atoms with Crippen LogP contribution >= 0.6 is 0 Å². The van der Waals surface area contributed by atoms with Gasteiger partial charge < -0.3 is 15.2 Å². The highest BCUT2D eigenvalue weighted by molar-refractivity contribution is 5.51. The Kier molecular flexibility index (Phi) is 1.83. The van der Waals surface area contributed by atoms with Crippen molar-refractivity contribution in [3.05, 3.63) is 18.3 Å². The molecule has 64 valence electrons. The number of aliphatic hydroxyl groups is 1. The van der Waals surface area contributed by atoms with Gasteiger partial charge in [0, 0.05) is 6.20 Å². The van der Waals surface area contributed by atoms with Crippen LogP contribution in [0.4, 0.5) is 5.82 Å². The summed E-state index contributed by atoms with van der Waals surface area (Å²) >= 11 is 0. The van der Waals surface area contributed by atoms with Crippen molar-refractivity contribution in [3.63, 3.8) is 0 Å². The maximum Gasteiger partial charge on any atom is 0.169 e. The first-order valence-corrected chi connectivity index (χ1v) is 3.85. The molecule has 1 unspecified atom stereocenters. The first kappa shape index (κ1) is 7.36. The van der Waals surface area contributed by atoms with Crippen LogP contribution in [0.3, 0.4) is 0 Å². The molecule has 2 heterocycles. The van der Waals surface area contributed by atoms with E-state index in [1.807, 2.05) is 12.1 Å². The van der Waals surface area contributed by atoms with Crippen LogP contribution in [0.2, 0.25) is 0 Å². The molecule has 12 heavy (non-hydrogen) atoms. The number of hydrogen-bond acceptors (Lipinski definition) is 4. The van der Waals surface area contributed by atoms with Gasteiger partial charge in [0.2, 0.25) is 0 Å². The molecule has 0 fully saturated rings. The topological polar surface area (TPSA) is 54.4 Å². The lowest BCUT2D eigenvalue weighted by atomic mass is 10.3. The van der Waals surface area contributed by atoms with Crippen molar-refractivity contribution in [2.75, 3.05) is 18.5 Å². The summed E-state index contributed by atoms with van der Waals surface area (Å²) in [5.74, 6) is 1.46. The summed E-state index contributed by atoms with van der Waals surface area (Å²) in [5.41, 5.74) is 0. The largest absolute Gasteiger partial charge is 0.487 e. The van der Waals surface area contributed by atoms with E-state index in [1.165, 1.54) is 0 Å². The SMILES string of the molecule is OCC1COc2cccnc2N1. The molecule has 0 saturated heterocycles. The molecule has 0 saturated carbocycles. The highest BCUT2D eigenvalue weighted by atomic mass is 16.5. The van der Waals surface area contributed by atoms with Gasteiger partial charge in [-0.15, -0.1) is 0 Å². The number of anilines is 1. The van der Waals surface area contributed by atoms with Gasteiger partial charge in [0.15, 0.2) is 11.6 Å². The third kappa shape index (κ3) is 1.21. The molecule has 0 aliphatic carbocycles. The summed E-state index contributed by atoms with van der Waals surface area (Å²) in [4.78, 5) is 4.07. The monoisotopic (exact) mass is 166 g/mol. The molecule has 4 heteroatoms. The van der Waals surface area contributed by atoms with E-state index in [-0.39, 0.29) is 12.6 Å². The van der Waals surface area contributed by atoms with Crippen LogP contribution in [-0.2, 0) is 0 Å². The van der Waals surface area contributed by atoms with E-state index in [9.17, 15) is 0 Å². The molecular weight excluding hydrogens is 156 g/mol. The number of nitrogens with one attached hydrogen (secondary N) is 1. The van der Waals surface area contributed by atoms with Gasteiger partial charge >= 0.3 is 0 Å². The van der Waals surface area contributed by atoms with Gasteiger partial charge in [0.25, 0.3) is 0 Å². The standard InChI is InChI=1S/C8H10N2O2/c11-4-6-5-12-7-2-1-3-9-8(7)10-6/h1-3,6,11H,4-5H2,(H,9,10). The minimum atomic E-state index is -0.0348.